The predicted molar refractivity (Wildman–Crippen MR) is 187 cm³/mol. The molecule has 4 nitrogen and oxygen atoms in total. The van der Waals surface area contributed by atoms with E-state index >= 15 is 0 Å². The Morgan fingerprint density at radius 3 is 2.20 bits per heavy atom. The van der Waals surface area contributed by atoms with Crippen molar-refractivity contribution in [3.8, 4) is 28.3 Å². The fourth-order valence-electron chi connectivity index (χ4n) is 6.85. The van der Waals surface area contributed by atoms with E-state index in [2.05, 4.69) is 126 Å². The topological polar surface area (TPSA) is 43.9 Å². The smallest absolute Gasteiger partial charge is 0.231 e. The normalized spacial score (nSPS) is 12.0. The van der Waals surface area contributed by atoms with Crippen molar-refractivity contribution in [3.05, 3.63) is 140 Å². The number of para-hydroxylation sites is 3. The SMILES string of the molecule is c1ccc(-n2c3ccccc3c3cc(-c4nc(-c5cccc6c5sc5ccccc56)c5c(n4)oc4ccccc45)ccc32)cc1. The van der Waals surface area contributed by atoms with Crippen molar-refractivity contribution in [2.45, 2.75) is 0 Å². The van der Waals surface area contributed by atoms with Crippen LogP contribution < -0.4 is 0 Å². The number of aromatic nitrogens is 3. The molecule has 0 radical (unpaired) electrons. The van der Waals surface area contributed by atoms with Crippen LogP contribution in [-0.2, 0) is 0 Å². The largest absolute Gasteiger partial charge is 0.438 e. The van der Waals surface area contributed by atoms with Gasteiger partial charge in [-0.1, -0.05) is 91.0 Å². The minimum Gasteiger partial charge on any atom is -0.438 e. The van der Waals surface area contributed by atoms with Gasteiger partial charge in [-0.25, -0.2) is 4.98 Å². The highest BCUT2D eigenvalue weighted by molar-refractivity contribution is 7.26. The quantitative estimate of drug-likeness (QED) is 0.205. The summed E-state index contributed by atoms with van der Waals surface area (Å²) in [6.07, 6.45) is 0. The number of rotatable bonds is 3. The van der Waals surface area contributed by atoms with Gasteiger partial charge in [0.25, 0.3) is 0 Å². The molecule has 10 aromatic rings. The summed E-state index contributed by atoms with van der Waals surface area (Å²) < 4.78 is 11.2. The van der Waals surface area contributed by atoms with Crippen LogP contribution in [0.1, 0.15) is 0 Å². The summed E-state index contributed by atoms with van der Waals surface area (Å²) in [5.74, 6) is 0.646. The molecule has 0 N–H and O–H groups in total. The van der Waals surface area contributed by atoms with E-state index in [4.69, 9.17) is 14.4 Å². The van der Waals surface area contributed by atoms with Gasteiger partial charge >= 0.3 is 0 Å². The first-order valence-electron chi connectivity index (χ1n) is 15.0. The van der Waals surface area contributed by atoms with Crippen LogP contribution in [0.4, 0.5) is 0 Å². The van der Waals surface area contributed by atoms with E-state index in [0.29, 0.717) is 11.5 Å². The van der Waals surface area contributed by atoms with Gasteiger partial charge in [0.1, 0.15) is 5.58 Å². The number of furan rings is 1. The molecule has 0 bridgehead atoms. The number of benzene rings is 6. The molecule has 6 aromatic carbocycles. The molecular weight excluding hydrogens is 571 g/mol. The molecular formula is C40H23N3OS. The fraction of sp³-hybridized carbons (Fsp3) is 0. The van der Waals surface area contributed by atoms with Crippen LogP contribution in [0.5, 0.6) is 0 Å². The van der Waals surface area contributed by atoms with Crippen LogP contribution >= 0.6 is 11.3 Å². The average molecular weight is 594 g/mol. The van der Waals surface area contributed by atoms with Gasteiger partial charge in [0.05, 0.1) is 22.1 Å². The maximum Gasteiger partial charge on any atom is 0.231 e. The highest BCUT2D eigenvalue weighted by atomic mass is 32.1. The van der Waals surface area contributed by atoms with Gasteiger partial charge < -0.3 is 8.98 Å². The first kappa shape index (κ1) is 24.6. The van der Waals surface area contributed by atoms with Gasteiger partial charge in [-0.3, -0.25) is 0 Å². The Balaban J connectivity index is 1.27. The molecule has 210 valence electrons. The molecule has 4 aromatic heterocycles. The Bertz CT molecular complexity index is 2770. The van der Waals surface area contributed by atoms with Gasteiger partial charge in [0.15, 0.2) is 5.82 Å². The summed E-state index contributed by atoms with van der Waals surface area (Å²) >= 11 is 1.81. The number of hydrogen-bond donors (Lipinski definition) is 0. The second-order valence-electron chi connectivity index (χ2n) is 11.4. The molecule has 0 unspecified atom stereocenters. The van der Waals surface area contributed by atoms with Crippen LogP contribution in [0, 0.1) is 0 Å². The molecule has 0 amide bonds. The zero-order valence-electron chi connectivity index (χ0n) is 23.9. The van der Waals surface area contributed by atoms with Crippen molar-refractivity contribution < 1.29 is 4.42 Å². The molecule has 10 rings (SSSR count). The number of fused-ring (bicyclic) bond motifs is 9. The highest BCUT2D eigenvalue weighted by Gasteiger charge is 2.21. The van der Waals surface area contributed by atoms with Crippen molar-refractivity contribution in [1.29, 1.82) is 0 Å². The first-order chi connectivity index (χ1) is 22.3. The van der Waals surface area contributed by atoms with Crippen LogP contribution in [0.3, 0.4) is 0 Å². The Labute approximate surface area is 261 Å². The zero-order chi connectivity index (χ0) is 29.5. The van der Waals surface area contributed by atoms with Crippen LogP contribution in [0.2, 0.25) is 0 Å². The van der Waals surface area contributed by atoms with Gasteiger partial charge in [-0.15, -0.1) is 11.3 Å². The molecule has 0 saturated carbocycles. The lowest BCUT2D eigenvalue weighted by Gasteiger charge is -2.09. The van der Waals surface area contributed by atoms with Crippen LogP contribution in [0.15, 0.2) is 144 Å². The molecule has 0 atom stereocenters. The Kier molecular flexibility index (Phi) is 5.12. The van der Waals surface area contributed by atoms with Crippen molar-refractivity contribution >= 4 is 75.4 Å². The maximum atomic E-state index is 6.42. The second kappa shape index (κ2) is 9.36. The summed E-state index contributed by atoms with van der Waals surface area (Å²) in [7, 11) is 0. The number of thiophene rings is 1. The molecule has 0 aliphatic rings. The van der Waals surface area contributed by atoms with Gasteiger partial charge in [0.2, 0.25) is 5.71 Å². The Hall–Kier alpha value is -5.78. The summed E-state index contributed by atoms with van der Waals surface area (Å²) in [6.45, 7) is 0. The van der Waals surface area contributed by atoms with E-state index in [9.17, 15) is 0 Å². The van der Waals surface area contributed by atoms with E-state index in [1.165, 1.54) is 31.1 Å². The molecule has 0 spiro atoms. The number of hydrogen-bond acceptors (Lipinski definition) is 4. The monoisotopic (exact) mass is 593 g/mol. The highest BCUT2D eigenvalue weighted by Crippen LogP contribution is 2.44. The molecule has 0 aliphatic carbocycles. The van der Waals surface area contributed by atoms with E-state index in [1.54, 1.807) is 0 Å². The molecule has 45 heavy (non-hydrogen) atoms. The zero-order valence-corrected chi connectivity index (χ0v) is 24.8. The summed E-state index contributed by atoms with van der Waals surface area (Å²) in [5, 5.41) is 6.83. The van der Waals surface area contributed by atoms with Crippen molar-refractivity contribution in [2.24, 2.45) is 0 Å². The van der Waals surface area contributed by atoms with Crippen LogP contribution in [-0.4, -0.2) is 14.5 Å². The Morgan fingerprint density at radius 1 is 0.556 bits per heavy atom. The Morgan fingerprint density at radius 2 is 1.29 bits per heavy atom. The fourth-order valence-corrected chi connectivity index (χ4v) is 8.07. The van der Waals surface area contributed by atoms with E-state index < -0.39 is 0 Å². The summed E-state index contributed by atoms with van der Waals surface area (Å²) in [5.41, 5.74) is 7.79. The van der Waals surface area contributed by atoms with E-state index in [-0.39, 0.29) is 0 Å². The minimum absolute atomic E-state index is 0.598. The summed E-state index contributed by atoms with van der Waals surface area (Å²) in [6, 6.07) is 48.9. The predicted octanol–water partition coefficient (Wildman–Crippen LogP) is 11.2. The van der Waals surface area contributed by atoms with E-state index in [0.717, 1.165) is 49.8 Å². The maximum absolute atomic E-state index is 6.42. The summed E-state index contributed by atoms with van der Waals surface area (Å²) in [4.78, 5) is 10.4. The standard InChI is InChI=1S/C40H23N3OS/c1-2-11-25(12-3-1)43-32-18-7-4-13-26(32)31-23-24(21-22-33(31)43)39-41-37(36-29-15-5-8-19-34(29)44-40(36)42-39)30-17-10-16-28-27-14-6-9-20-35(27)45-38(28)30/h1-23H. The lowest BCUT2D eigenvalue weighted by Crippen LogP contribution is -1.95. The minimum atomic E-state index is 0.598. The van der Waals surface area contributed by atoms with Gasteiger partial charge in [-0.05, 0) is 48.5 Å². The lowest BCUT2D eigenvalue weighted by atomic mass is 10.0. The van der Waals surface area contributed by atoms with Crippen molar-refractivity contribution in [3.63, 3.8) is 0 Å². The third-order valence-corrected chi connectivity index (χ3v) is 10.1. The van der Waals surface area contributed by atoms with Crippen molar-refractivity contribution in [1.82, 2.24) is 14.5 Å². The third-order valence-electron chi connectivity index (χ3n) is 8.84. The lowest BCUT2D eigenvalue weighted by molar-refractivity contribution is 0.653. The molecule has 4 heterocycles. The second-order valence-corrected chi connectivity index (χ2v) is 12.4. The molecule has 0 fully saturated rings. The van der Waals surface area contributed by atoms with E-state index in [1.807, 2.05) is 29.5 Å². The van der Waals surface area contributed by atoms with Crippen LogP contribution in [0.25, 0.3) is 92.4 Å². The average Bonchev–Trinajstić information content (AvgIpc) is 3.77. The molecule has 0 saturated heterocycles. The van der Waals surface area contributed by atoms with Crippen molar-refractivity contribution in [2.75, 3.05) is 0 Å². The third kappa shape index (κ3) is 3.59. The van der Waals surface area contributed by atoms with Gasteiger partial charge in [-0.2, -0.15) is 4.98 Å². The molecule has 5 heteroatoms. The van der Waals surface area contributed by atoms with Gasteiger partial charge in [0, 0.05) is 53.1 Å². The number of nitrogens with zero attached hydrogens (tertiary/aromatic N) is 3. The molecule has 0 aliphatic heterocycles. The first-order valence-corrected chi connectivity index (χ1v) is 15.8.